The van der Waals surface area contributed by atoms with Gasteiger partial charge in [-0.3, -0.25) is 4.72 Å². The van der Waals surface area contributed by atoms with E-state index < -0.39 is 27.5 Å². The first kappa shape index (κ1) is 28.8. The van der Waals surface area contributed by atoms with Crippen LogP contribution >= 0.6 is 0 Å². The maximum absolute atomic E-state index is 13.4. The lowest BCUT2D eigenvalue weighted by Gasteiger charge is -2.38. The highest BCUT2D eigenvalue weighted by molar-refractivity contribution is 7.92. The third-order valence-electron chi connectivity index (χ3n) is 7.19. The van der Waals surface area contributed by atoms with E-state index in [9.17, 15) is 18.3 Å². The van der Waals surface area contributed by atoms with Gasteiger partial charge in [0.05, 0.1) is 11.1 Å². The predicted molar refractivity (Wildman–Crippen MR) is 152 cm³/mol. The fraction of sp³-hybridized carbons (Fsp3) is 0.323. The Balaban J connectivity index is 1.58. The summed E-state index contributed by atoms with van der Waals surface area (Å²) in [5.41, 5.74) is 1.78. The second kappa shape index (κ2) is 12.3. The first-order chi connectivity index (χ1) is 19.2. The Morgan fingerprint density at radius 1 is 1.10 bits per heavy atom. The number of benzene rings is 2. The van der Waals surface area contributed by atoms with E-state index in [4.69, 9.17) is 10.00 Å². The average molecular weight is 560 g/mol. The molecule has 0 bridgehead atoms. The Bertz CT molecular complexity index is 1530. The molecule has 3 aromatic rings. The molecular formula is C31H33N3O5S. The van der Waals surface area contributed by atoms with Crippen LogP contribution in [0.1, 0.15) is 68.6 Å². The van der Waals surface area contributed by atoms with Crippen LogP contribution < -0.4 is 4.72 Å². The molecule has 0 fully saturated rings. The zero-order chi connectivity index (χ0) is 28.8. The van der Waals surface area contributed by atoms with Crippen molar-refractivity contribution in [2.24, 2.45) is 0 Å². The molecule has 1 aliphatic rings. The van der Waals surface area contributed by atoms with E-state index in [0.717, 1.165) is 18.4 Å². The van der Waals surface area contributed by atoms with Crippen molar-refractivity contribution in [3.05, 3.63) is 101 Å². The lowest BCUT2D eigenvalue weighted by molar-refractivity contribution is -0.161. The Hall–Kier alpha value is -4.16. The van der Waals surface area contributed by atoms with Crippen LogP contribution in [0.25, 0.3) is 0 Å². The van der Waals surface area contributed by atoms with Crippen LogP contribution in [-0.4, -0.2) is 30.1 Å². The maximum atomic E-state index is 13.4. The number of ether oxygens (including phenoxy) is 1. The molecular weight excluding hydrogens is 526 g/mol. The highest BCUT2D eigenvalue weighted by Crippen LogP contribution is 2.42. The van der Waals surface area contributed by atoms with Gasteiger partial charge < -0.3 is 9.84 Å². The molecule has 0 unspecified atom stereocenters. The number of hydrogen-bond acceptors (Lipinski definition) is 7. The summed E-state index contributed by atoms with van der Waals surface area (Å²) < 4.78 is 34.4. The number of nitrogens with zero attached hydrogens (tertiary/aromatic N) is 2. The Kier molecular flexibility index (Phi) is 8.90. The number of nitriles is 1. The summed E-state index contributed by atoms with van der Waals surface area (Å²) in [6, 6.07) is 21.3. The van der Waals surface area contributed by atoms with Gasteiger partial charge in [-0.05, 0) is 61.1 Å². The van der Waals surface area contributed by atoms with Gasteiger partial charge in [-0.15, -0.1) is 0 Å². The van der Waals surface area contributed by atoms with Gasteiger partial charge in [-0.25, -0.2) is 9.78 Å². The number of rotatable bonds is 11. The van der Waals surface area contributed by atoms with E-state index in [2.05, 4.69) is 9.71 Å². The largest absolute Gasteiger partial charge is 0.512 e. The van der Waals surface area contributed by atoms with Gasteiger partial charge in [0, 0.05) is 24.2 Å². The minimum absolute atomic E-state index is 0.0254. The van der Waals surface area contributed by atoms with Crippen molar-refractivity contribution in [3.63, 3.8) is 0 Å². The fourth-order valence-corrected chi connectivity index (χ4v) is 6.24. The minimum Gasteiger partial charge on any atom is -0.512 e. The predicted octanol–water partition coefficient (Wildman–Crippen LogP) is 6.18. The molecule has 40 heavy (non-hydrogen) atoms. The molecule has 2 aromatic carbocycles. The number of pyridine rings is 1. The molecule has 0 amide bonds. The summed E-state index contributed by atoms with van der Waals surface area (Å²) in [7, 11) is -4.01. The van der Waals surface area contributed by atoms with Crippen molar-refractivity contribution in [2.75, 3.05) is 4.72 Å². The van der Waals surface area contributed by atoms with Crippen molar-refractivity contribution in [1.82, 2.24) is 4.98 Å². The second-order valence-electron chi connectivity index (χ2n) is 10.0. The van der Waals surface area contributed by atoms with Crippen LogP contribution in [-0.2, 0) is 26.0 Å². The number of aliphatic hydroxyl groups is 1. The molecule has 1 aliphatic heterocycles. The quantitative estimate of drug-likeness (QED) is 0.268. The number of aliphatic hydroxyl groups excluding tert-OH is 1. The Labute approximate surface area is 235 Å². The molecule has 2 N–H and O–H groups in total. The summed E-state index contributed by atoms with van der Waals surface area (Å²) in [5, 5.41) is 20.0. The van der Waals surface area contributed by atoms with Gasteiger partial charge in [0.1, 0.15) is 17.4 Å². The summed E-state index contributed by atoms with van der Waals surface area (Å²) in [6.45, 7) is 3.93. The minimum atomic E-state index is -4.01. The normalized spacial score (nSPS) is 18.1. The van der Waals surface area contributed by atoms with Crippen LogP contribution in [0.4, 0.5) is 5.69 Å². The standard InChI is InChI=1S/C31H33N3O5S/c1-3-16-31(17-15-22-9-6-5-7-10-22)19-27(35)29(30(36)39-31)26(4-2)24-11-8-12-25(18-24)34-40(37,38)28-14-13-23(20-32)21-33-28/h5-14,18,21,26,34-35H,3-4,15-17,19H2,1-2H3/t26-,31+/m0/s1. The van der Waals surface area contributed by atoms with Crippen molar-refractivity contribution in [2.45, 2.75) is 68.9 Å². The first-order valence-corrected chi connectivity index (χ1v) is 14.9. The number of carbonyl (C=O) groups is 1. The van der Waals surface area contributed by atoms with Gasteiger partial charge in [0.2, 0.25) is 0 Å². The molecule has 4 rings (SSSR count). The van der Waals surface area contributed by atoms with Crippen LogP contribution in [0.5, 0.6) is 0 Å². The summed E-state index contributed by atoms with van der Waals surface area (Å²) in [4.78, 5) is 17.3. The van der Waals surface area contributed by atoms with Crippen molar-refractivity contribution < 1.29 is 23.1 Å². The van der Waals surface area contributed by atoms with Gasteiger partial charge in [0.15, 0.2) is 5.03 Å². The lowest BCUT2D eigenvalue weighted by Crippen LogP contribution is -2.41. The molecule has 0 saturated heterocycles. The molecule has 2 atom stereocenters. The molecule has 0 aliphatic carbocycles. The zero-order valence-corrected chi connectivity index (χ0v) is 23.4. The first-order valence-electron chi connectivity index (χ1n) is 13.4. The number of nitrogens with one attached hydrogen (secondary N) is 1. The molecule has 0 radical (unpaired) electrons. The zero-order valence-electron chi connectivity index (χ0n) is 22.6. The SMILES string of the molecule is CCC[C@@]1(CCc2ccccc2)CC(O)=C([C@@H](CC)c2cccc(NS(=O)(=O)c3ccc(C#N)cn3)c2)C(=O)O1. The van der Waals surface area contributed by atoms with Crippen LogP contribution in [0.2, 0.25) is 0 Å². The summed E-state index contributed by atoms with van der Waals surface area (Å²) >= 11 is 0. The third-order valence-corrected chi connectivity index (χ3v) is 8.48. The number of anilines is 1. The van der Waals surface area contributed by atoms with E-state index >= 15 is 0 Å². The highest BCUT2D eigenvalue weighted by atomic mass is 32.2. The van der Waals surface area contributed by atoms with Crippen molar-refractivity contribution >= 4 is 21.7 Å². The van der Waals surface area contributed by atoms with Crippen LogP contribution in [0, 0.1) is 11.3 Å². The van der Waals surface area contributed by atoms with E-state index in [0.29, 0.717) is 24.8 Å². The van der Waals surface area contributed by atoms with Crippen molar-refractivity contribution in [3.8, 4) is 6.07 Å². The molecule has 2 heterocycles. The Morgan fingerprint density at radius 3 is 2.50 bits per heavy atom. The number of sulfonamides is 1. The van der Waals surface area contributed by atoms with E-state index in [1.54, 1.807) is 24.3 Å². The number of cyclic esters (lactones) is 1. The second-order valence-corrected chi connectivity index (χ2v) is 11.7. The molecule has 0 spiro atoms. The number of aryl methyl sites for hydroxylation is 1. The van der Waals surface area contributed by atoms with Gasteiger partial charge >= 0.3 is 5.97 Å². The molecule has 9 heteroatoms. The van der Waals surface area contributed by atoms with E-state index in [1.807, 2.05) is 50.2 Å². The van der Waals surface area contributed by atoms with Gasteiger partial charge in [0.25, 0.3) is 10.0 Å². The average Bonchev–Trinajstić information content (AvgIpc) is 2.94. The maximum Gasteiger partial charge on any atom is 0.338 e. The van der Waals surface area contributed by atoms with Crippen molar-refractivity contribution in [1.29, 1.82) is 5.26 Å². The van der Waals surface area contributed by atoms with E-state index in [-0.39, 0.29) is 34.0 Å². The highest BCUT2D eigenvalue weighted by Gasteiger charge is 2.43. The Morgan fingerprint density at radius 2 is 1.88 bits per heavy atom. The number of carbonyl (C=O) groups excluding carboxylic acids is 1. The number of hydrogen-bond donors (Lipinski definition) is 2. The molecule has 208 valence electrons. The smallest absolute Gasteiger partial charge is 0.338 e. The fourth-order valence-electron chi connectivity index (χ4n) is 5.26. The molecule has 1 aromatic heterocycles. The number of esters is 1. The molecule has 0 saturated carbocycles. The summed E-state index contributed by atoms with van der Waals surface area (Å²) in [5.74, 6) is -0.999. The van der Waals surface area contributed by atoms with Gasteiger partial charge in [-0.2, -0.15) is 13.7 Å². The third kappa shape index (κ3) is 6.52. The summed E-state index contributed by atoms with van der Waals surface area (Å²) in [6.07, 6.45) is 4.70. The number of aromatic nitrogens is 1. The monoisotopic (exact) mass is 559 g/mol. The molecule has 8 nitrogen and oxygen atoms in total. The topological polar surface area (TPSA) is 129 Å². The lowest BCUT2D eigenvalue weighted by atomic mass is 9.80. The van der Waals surface area contributed by atoms with Crippen LogP contribution in [0.15, 0.2) is 89.3 Å². The van der Waals surface area contributed by atoms with Gasteiger partial charge in [-0.1, -0.05) is 62.7 Å². The van der Waals surface area contributed by atoms with E-state index in [1.165, 1.54) is 18.3 Å². The van der Waals surface area contributed by atoms with Crippen LogP contribution in [0.3, 0.4) is 0 Å².